The van der Waals surface area contributed by atoms with Crippen LogP contribution in [0.5, 0.6) is 0 Å². The number of carbonyl (C=O) groups excluding carboxylic acids is 1. The van der Waals surface area contributed by atoms with Crippen LogP contribution in [-0.2, 0) is 9.68 Å². The second-order valence-electron chi connectivity index (χ2n) is 2.41. The van der Waals surface area contributed by atoms with Gasteiger partial charge >= 0.3 is 0 Å². The number of aliphatic hydroxyl groups excluding tert-OH is 4. The lowest BCUT2D eigenvalue weighted by molar-refractivity contribution is -0.255. The number of carbonyl (C=O) groups is 1. The van der Waals surface area contributed by atoms with E-state index < -0.39 is 37.3 Å². The van der Waals surface area contributed by atoms with Gasteiger partial charge in [-0.25, -0.2) is 4.89 Å². The summed E-state index contributed by atoms with van der Waals surface area (Å²) >= 11 is 0. The van der Waals surface area contributed by atoms with Crippen LogP contribution >= 0.6 is 0 Å². The molecule has 0 amide bonds. The van der Waals surface area contributed by atoms with Crippen LogP contribution in [0.3, 0.4) is 0 Å². The van der Waals surface area contributed by atoms with Crippen molar-refractivity contribution in [2.45, 2.75) is 18.3 Å². The summed E-state index contributed by atoms with van der Waals surface area (Å²) in [5.74, 6) is -1.13. The van der Waals surface area contributed by atoms with Crippen LogP contribution in [0.15, 0.2) is 0 Å². The number of hydrogen-bond acceptors (Lipinski definition) is 7. The van der Waals surface area contributed by atoms with E-state index in [1.54, 1.807) is 0 Å². The highest BCUT2D eigenvalue weighted by Gasteiger charge is 2.29. The van der Waals surface area contributed by atoms with E-state index in [4.69, 9.17) is 25.7 Å². The van der Waals surface area contributed by atoms with E-state index in [0.29, 0.717) is 0 Å². The van der Waals surface area contributed by atoms with Crippen molar-refractivity contribution >= 4 is 5.78 Å². The number of Topliss-reactive ketones (excluding diaryl/α,β-unsaturated/α-hetero) is 1. The summed E-state index contributed by atoms with van der Waals surface area (Å²) in [4.78, 5) is 14.3. The maximum absolute atomic E-state index is 10.9. The molecular formula is C6H12O7. The van der Waals surface area contributed by atoms with Crippen LogP contribution in [0.4, 0.5) is 0 Å². The Hall–Kier alpha value is -0.570. The normalized spacial score (nSPS) is 17.9. The maximum atomic E-state index is 10.9. The molecular weight excluding hydrogens is 184 g/mol. The molecule has 0 aliphatic heterocycles. The van der Waals surface area contributed by atoms with Gasteiger partial charge in [-0.05, 0) is 0 Å². The van der Waals surface area contributed by atoms with E-state index in [0.717, 1.165) is 0 Å². The highest BCUT2D eigenvalue weighted by molar-refractivity contribution is 5.87. The zero-order valence-electron chi connectivity index (χ0n) is 6.70. The van der Waals surface area contributed by atoms with E-state index in [1.807, 2.05) is 0 Å². The van der Waals surface area contributed by atoms with Crippen LogP contribution < -0.4 is 0 Å². The van der Waals surface area contributed by atoms with Gasteiger partial charge in [-0.2, -0.15) is 0 Å². The Labute approximate surface area is 73.7 Å². The third-order valence-electron chi connectivity index (χ3n) is 1.40. The number of hydrogen-bond donors (Lipinski definition) is 5. The predicted molar refractivity (Wildman–Crippen MR) is 38.7 cm³/mol. The van der Waals surface area contributed by atoms with Crippen molar-refractivity contribution in [3.05, 3.63) is 0 Å². The average Bonchev–Trinajstić information content (AvgIpc) is 2.14. The highest BCUT2D eigenvalue weighted by atomic mass is 17.1. The summed E-state index contributed by atoms with van der Waals surface area (Å²) in [7, 11) is 0. The van der Waals surface area contributed by atoms with Crippen molar-refractivity contribution in [2.75, 3.05) is 13.2 Å². The molecule has 0 aromatic carbocycles. The molecule has 13 heavy (non-hydrogen) atoms. The van der Waals surface area contributed by atoms with Crippen molar-refractivity contribution in [3.8, 4) is 0 Å². The molecule has 0 aliphatic carbocycles. The zero-order chi connectivity index (χ0) is 10.4. The molecule has 0 fully saturated rings. The van der Waals surface area contributed by atoms with Gasteiger partial charge < -0.3 is 20.4 Å². The van der Waals surface area contributed by atoms with E-state index in [1.165, 1.54) is 0 Å². The van der Waals surface area contributed by atoms with Crippen LogP contribution in [-0.4, -0.2) is 63.0 Å². The van der Waals surface area contributed by atoms with E-state index in [2.05, 4.69) is 4.89 Å². The minimum Gasteiger partial charge on any atom is -0.394 e. The summed E-state index contributed by atoms with van der Waals surface area (Å²) in [6.45, 7) is -1.51. The van der Waals surface area contributed by atoms with Crippen LogP contribution in [0, 0.1) is 0 Å². The lowest BCUT2D eigenvalue weighted by atomic mass is 10.1. The van der Waals surface area contributed by atoms with Gasteiger partial charge in [-0.3, -0.25) is 10.1 Å². The molecule has 0 aromatic heterocycles. The molecule has 5 N–H and O–H groups in total. The fourth-order valence-electron chi connectivity index (χ4n) is 0.639. The monoisotopic (exact) mass is 196 g/mol. The van der Waals surface area contributed by atoms with Gasteiger partial charge in [-0.1, -0.05) is 0 Å². The molecule has 0 rings (SSSR count). The third-order valence-corrected chi connectivity index (χ3v) is 1.40. The third kappa shape index (κ3) is 3.77. The largest absolute Gasteiger partial charge is 0.394 e. The van der Waals surface area contributed by atoms with Gasteiger partial charge in [0.2, 0.25) is 0 Å². The first-order chi connectivity index (χ1) is 6.04. The SMILES string of the molecule is O=C(C(O)COO)[C@H](O)[C@H](O)CO. The average molecular weight is 196 g/mol. The molecule has 0 bridgehead atoms. The second kappa shape index (κ2) is 5.97. The van der Waals surface area contributed by atoms with Gasteiger partial charge in [0.15, 0.2) is 5.78 Å². The Bertz CT molecular complexity index is 159. The van der Waals surface area contributed by atoms with Crippen LogP contribution in [0.2, 0.25) is 0 Å². The summed E-state index contributed by atoms with van der Waals surface area (Å²) < 4.78 is 0. The number of aliphatic hydroxyl groups is 4. The molecule has 0 radical (unpaired) electrons. The summed E-state index contributed by atoms with van der Waals surface area (Å²) in [5.41, 5.74) is 0. The predicted octanol–water partition coefficient (Wildman–Crippen LogP) is -2.88. The molecule has 0 aliphatic rings. The minimum atomic E-state index is -1.89. The van der Waals surface area contributed by atoms with Gasteiger partial charge in [0.05, 0.1) is 6.61 Å². The first-order valence-corrected chi connectivity index (χ1v) is 3.49. The van der Waals surface area contributed by atoms with Gasteiger partial charge in [-0.15, -0.1) is 0 Å². The van der Waals surface area contributed by atoms with Crippen LogP contribution in [0.1, 0.15) is 0 Å². The summed E-state index contributed by atoms with van der Waals surface area (Å²) in [5, 5.41) is 42.7. The number of ketones is 1. The molecule has 0 saturated carbocycles. The van der Waals surface area contributed by atoms with E-state index in [9.17, 15) is 4.79 Å². The second-order valence-corrected chi connectivity index (χ2v) is 2.41. The molecule has 3 atom stereocenters. The van der Waals surface area contributed by atoms with Gasteiger partial charge in [0, 0.05) is 0 Å². The topological polar surface area (TPSA) is 127 Å². The molecule has 0 spiro atoms. The molecule has 0 aromatic rings. The molecule has 1 unspecified atom stereocenters. The fraction of sp³-hybridized carbons (Fsp3) is 0.833. The Morgan fingerprint density at radius 3 is 2.23 bits per heavy atom. The quantitative estimate of drug-likeness (QED) is 0.228. The van der Waals surface area contributed by atoms with E-state index >= 15 is 0 Å². The zero-order valence-corrected chi connectivity index (χ0v) is 6.70. The molecule has 7 nitrogen and oxygen atoms in total. The Morgan fingerprint density at radius 2 is 1.85 bits per heavy atom. The molecule has 78 valence electrons. The lowest BCUT2D eigenvalue weighted by Crippen LogP contribution is -2.43. The van der Waals surface area contributed by atoms with Crippen molar-refractivity contribution in [1.82, 2.24) is 0 Å². The first kappa shape index (κ1) is 12.4. The molecule has 0 heterocycles. The van der Waals surface area contributed by atoms with Crippen molar-refractivity contribution in [3.63, 3.8) is 0 Å². The van der Waals surface area contributed by atoms with Crippen molar-refractivity contribution < 1.29 is 35.4 Å². The molecule has 0 saturated heterocycles. The highest BCUT2D eigenvalue weighted by Crippen LogP contribution is 1.99. The Balaban J connectivity index is 4.08. The molecule has 7 heteroatoms. The Morgan fingerprint density at radius 1 is 1.31 bits per heavy atom. The van der Waals surface area contributed by atoms with Crippen LogP contribution in [0.25, 0.3) is 0 Å². The fourth-order valence-corrected chi connectivity index (χ4v) is 0.639. The number of rotatable bonds is 6. The summed E-state index contributed by atoms with van der Waals surface area (Å²) in [6, 6.07) is 0. The van der Waals surface area contributed by atoms with Gasteiger partial charge in [0.25, 0.3) is 0 Å². The van der Waals surface area contributed by atoms with Crippen molar-refractivity contribution in [2.24, 2.45) is 0 Å². The lowest BCUT2D eigenvalue weighted by Gasteiger charge is -2.16. The summed E-state index contributed by atoms with van der Waals surface area (Å²) in [6.07, 6.45) is -5.28. The maximum Gasteiger partial charge on any atom is 0.194 e. The minimum absolute atomic E-state index is 0.700. The standard InChI is InChI=1S/C6H12O7/c7-1-3(8)5(10)6(11)4(9)2-13-12/h3-5,7-10,12H,1-2H2/t3-,4?,5-/m1/s1. The Kier molecular flexibility index (Phi) is 5.71. The van der Waals surface area contributed by atoms with Crippen molar-refractivity contribution in [1.29, 1.82) is 0 Å². The first-order valence-electron chi connectivity index (χ1n) is 3.49. The van der Waals surface area contributed by atoms with E-state index in [-0.39, 0.29) is 0 Å². The smallest absolute Gasteiger partial charge is 0.194 e. The van der Waals surface area contributed by atoms with Gasteiger partial charge in [0.1, 0.15) is 24.9 Å².